The molecule has 0 bridgehead atoms. The molecule has 2 unspecified atom stereocenters. The second-order valence-corrected chi connectivity index (χ2v) is 3.88. The molecule has 9 heteroatoms. The van der Waals surface area contributed by atoms with E-state index in [-0.39, 0.29) is 0 Å². The molecule has 0 saturated carbocycles. The van der Waals surface area contributed by atoms with E-state index in [9.17, 15) is 33.3 Å². The van der Waals surface area contributed by atoms with Crippen LogP contribution in [0.1, 0.15) is 18.1 Å². The van der Waals surface area contributed by atoms with Gasteiger partial charge in [0.1, 0.15) is 17.6 Å². The maximum Gasteiger partial charge on any atom is 0.573 e. The van der Waals surface area contributed by atoms with Gasteiger partial charge in [-0.3, -0.25) is 4.79 Å². The number of aliphatic hydroxyl groups is 2. The van der Waals surface area contributed by atoms with Gasteiger partial charge in [0.05, 0.1) is 12.5 Å². The summed E-state index contributed by atoms with van der Waals surface area (Å²) in [5, 5.41) is 36.7. The standard InChI is InChI=1S/C11H11F3O6/c12-11(13,14)20-8-2-1-5(15)3-6(8)10(19)7(16)4-9(17)18/h1-3,7,10,15-16,19H,4H2,(H,17,18). The zero-order valence-electron chi connectivity index (χ0n) is 9.83. The number of carboxylic acids is 1. The number of rotatable bonds is 5. The molecule has 6 nitrogen and oxygen atoms in total. The van der Waals surface area contributed by atoms with Gasteiger partial charge in [-0.2, -0.15) is 0 Å². The summed E-state index contributed by atoms with van der Waals surface area (Å²) in [6, 6.07) is 2.38. The van der Waals surface area contributed by atoms with Gasteiger partial charge in [0.25, 0.3) is 0 Å². The van der Waals surface area contributed by atoms with Crippen LogP contribution in [-0.4, -0.2) is 38.9 Å². The average Bonchev–Trinajstić information content (AvgIpc) is 2.28. The third-order valence-electron chi connectivity index (χ3n) is 2.29. The van der Waals surface area contributed by atoms with E-state index in [0.29, 0.717) is 0 Å². The zero-order chi connectivity index (χ0) is 15.5. The molecule has 1 aromatic rings. The number of aromatic hydroxyl groups is 1. The Kier molecular flexibility index (Phi) is 4.79. The third kappa shape index (κ3) is 4.59. The predicted octanol–water partition coefficient (Wildman–Crippen LogP) is 1.16. The summed E-state index contributed by atoms with van der Waals surface area (Å²) in [6.45, 7) is 0. The van der Waals surface area contributed by atoms with Gasteiger partial charge < -0.3 is 25.2 Å². The first-order valence-corrected chi connectivity index (χ1v) is 5.26. The van der Waals surface area contributed by atoms with E-state index in [4.69, 9.17) is 5.11 Å². The van der Waals surface area contributed by atoms with Gasteiger partial charge >= 0.3 is 12.3 Å². The molecule has 0 radical (unpaired) electrons. The SMILES string of the molecule is O=C(O)CC(O)C(O)c1cc(O)ccc1OC(F)(F)F. The summed E-state index contributed by atoms with van der Waals surface area (Å²) >= 11 is 0. The van der Waals surface area contributed by atoms with Crippen molar-refractivity contribution in [1.29, 1.82) is 0 Å². The summed E-state index contributed by atoms with van der Waals surface area (Å²) in [6.07, 6.45) is -9.74. The van der Waals surface area contributed by atoms with Crippen molar-refractivity contribution in [1.82, 2.24) is 0 Å². The topological polar surface area (TPSA) is 107 Å². The Balaban J connectivity index is 3.08. The van der Waals surface area contributed by atoms with Crippen LogP contribution in [0.2, 0.25) is 0 Å². The minimum atomic E-state index is -5.04. The summed E-state index contributed by atoms with van der Waals surface area (Å²) in [4.78, 5) is 10.4. The molecule has 0 aromatic heterocycles. The number of hydrogen-bond acceptors (Lipinski definition) is 5. The van der Waals surface area contributed by atoms with Crippen LogP contribution in [0.3, 0.4) is 0 Å². The fraction of sp³-hybridized carbons (Fsp3) is 0.364. The summed E-state index contributed by atoms with van der Waals surface area (Å²) < 4.78 is 40.2. The first-order valence-electron chi connectivity index (χ1n) is 5.26. The highest BCUT2D eigenvalue weighted by atomic mass is 19.4. The van der Waals surface area contributed by atoms with Crippen molar-refractivity contribution >= 4 is 5.97 Å². The number of phenols is 1. The maximum atomic E-state index is 12.2. The lowest BCUT2D eigenvalue weighted by Gasteiger charge is -2.20. The molecule has 0 saturated heterocycles. The Labute approximate surface area is 110 Å². The van der Waals surface area contributed by atoms with Crippen LogP contribution in [-0.2, 0) is 4.79 Å². The second kappa shape index (κ2) is 5.97. The van der Waals surface area contributed by atoms with Crippen molar-refractivity contribution in [2.45, 2.75) is 25.0 Å². The molecular formula is C11H11F3O6. The number of halogens is 3. The molecule has 112 valence electrons. The molecule has 0 spiro atoms. The summed E-state index contributed by atoms with van der Waals surface area (Å²) in [5.74, 6) is -2.77. The van der Waals surface area contributed by atoms with Crippen molar-refractivity contribution < 1.29 is 43.1 Å². The molecule has 20 heavy (non-hydrogen) atoms. The Hall–Kier alpha value is -2.00. The van der Waals surface area contributed by atoms with E-state index in [2.05, 4.69) is 4.74 Å². The number of carbonyl (C=O) groups is 1. The van der Waals surface area contributed by atoms with Crippen molar-refractivity contribution in [3.8, 4) is 11.5 Å². The first kappa shape index (κ1) is 16.1. The Morgan fingerprint density at radius 3 is 2.40 bits per heavy atom. The third-order valence-corrected chi connectivity index (χ3v) is 2.29. The molecule has 2 atom stereocenters. The van der Waals surface area contributed by atoms with Gasteiger partial charge in [-0.25, -0.2) is 0 Å². The second-order valence-electron chi connectivity index (χ2n) is 3.88. The molecule has 0 aliphatic carbocycles. The molecule has 1 aromatic carbocycles. The number of hydrogen-bond donors (Lipinski definition) is 4. The van der Waals surface area contributed by atoms with Crippen LogP contribution in [0.25, 0.3) is 0 Å². The van der Waals surface area contributed by atoms with Gasteiger partial charge in [0.2, 0.25) is 0 Å². The van der Waals surface area contributed by atoms with Crippen molar-refractivity contribution in [3.63, 3.8) is 0 Å². The zero-order valence-corrected chi connectivity index (χ0v) is 9.83. The van der Waals surface area contributed by atoms with Gasteiger partial charge in [0, 0.05) is 5.56 Å². The quantitative estimate of drug-likeness (QED) is 0.649. The van der Waals surface area contributed by atoms with E-state index in [1.54, 1.807) is 0 Å². The lowest BCUT2D eigenvalue weighted by Crippen LogP contribution is -2.24. The first-order chi connectivity index (χ1) is 9.10. The molecule has 0 amide bonds. The number of ether oxygens (including phenoxy) is 1. The molecule has 0 aliphatic rings. The highest BCUT2D eigenvalue weighted by molar-refractivity contribution is 5.67. The van der Waals surface area contributed by atoms with Crippen LogP contribution in [0.4, 0.5) is 13.2 Å². The van der Waals surface area contributed by atoms with Crippen LogP contribution in [0, 0.1) is 0 Å². The average molecular weight is 296 g/mol. The predicted molar refractivity (Wildman–Crippen MR) is 58.0 cm³/mol. The number of phenolic OH excluding ortho intramolecular Hbond substituents is 1. The van der Waals surface area contributed by atoms with Gasteiger partial charge in [-0.15, -0.1) is 13.2 Å². The number of benzene rings is 1. The van der Waals surface area contributed by atoms with Crippen molar-refractivity contribution in [3.05, 3.63) is 23.8 Å². The molecule has 0 fully saturated rings. The normalized spacial score (nSPS) is 14.7. The minimum absolute atomic E-state index is 0.476. The van der Waals surface area contributed by atoms with Crippen LogP contribution >= 0.6 is 0 Å². The number of aliphatic carboxylic acids is 1. The fourth-order valence-corrected chi connectivity index (χ4v) is 1.48. The maximum absolute atomic E-state index is 12.2. The Bertz CT molecular complexity index is 488. The van der Waals surface area contributed by atoms with Crippen LogP contribution in [0.5, 0.6) is 11.5 Å². The number of carboxylic acid groups (broad SMARTS) is 1. The molecule has 0 heterocycles. The number of aliphatic hydroxyl groups excluding tert-OH is 2. The van der Waals surface area contributed by atoms with E-state index < -0.39 is 48.0 Å². The lowest BCUT2D eigenvalue weighted by molar-refractivity contribution is -0.275. The largest absolute Gasteiger partial charge is 0.573 e. The monoisotopic (exact) mass is 296 g/mol. The van der Waals surface area contributed by atoms with Crippen LogP contribution < -0.4 is 4.74 Å². The summed E-state index contributed by atoms with van der Waals surface area (Å²) in [7, 11) is 0. The Morgan fingerprint density at radius 2 is 1.90 bits per heavy atom. The van der Waals surface area contributed by atoms with E-state index in [1.807, 2.05) is 0 Å². The summed E-state index contributed by atoms with van der Waals surface area (Å²) in [5.41, 5.74) is -0.573. The van der Waals surface area contributed by atoms with E-state index >= 15 is 0 Å². The van der Waals surface area contributed by atoms with Gasteiger partial charge in [-0.05, 0) is 18.2 Å². The van der Waals surface area contributed by atoms with Crippen LogP contribution in [0.15, 0.2) is 18.2 Å². The van der Waals surface area contributed by atoms with E-state index in [0.717, 1.165) is 18.2 Å². The minimum Gasteiger partial charge on any atom is -0.508 e. The molecule has 1 rings (SSSR count). The molecule has 4 N–H and O–H groups in total. The Morgan fingerprint density at radius 1 is 1.30 bits per heavy atom. The molecule has 0 aliphatic heterocycles. The lowest BCUT2D eigenvalue weighted by atomic mass is 10.0. The fourth-order valence-electron chi connectivity index (χ4n) is 1.48. The number of alkyl halides is 3. The van der Waals surface area contributed by atoms with Gasteiger partial charge in [-0.1, -0.05) is 0 Å². The molecular weight excluding hydrogens is 285 g/mol. The smallest absolute Gasteiger partial charge is 0.508 e. The highest BCUT2D eigenvalue weighted by Gasteiger charge is 2.34. The highest BCUT2D eigenvalue weighted by Crippen LogP contribution is 2.34. The van der Waals surface area contributed by atoms with Crippen molar-refractivity contribution in [2.75, 3.05) is 0 Å². The van der Waals surface area contributed by atoms with Gasteiger partial charge in [0.15, 0.2) is 0 Å². The van der Waals surface area contributed by atoms with E-state index in [1.165, 1.54) is 0 Å². The van der Waals surface area contributed by atoms with Crippen molar-refractivity contribution in [2.24, 2.45) is 0 Å².